The zero-order valence-electron chi connectivity index (χ0n) is 12.3. The molecule has 0 fully saturated rings. The third-order valence-electron chi connectivity index (χ3n) is 3.06. The van der Waals surface area contributed by atoms with Gasteiger partial charge in [-0.1, -0.05) is 19.1 Å². The molecule has 1 rings (SSSR count). The number of nitrogens with zero attached hydrogens (tertiary/aromatic N) is 1. The predicted molar refractivity (Wildman–Crippen MR) is 83.0 cm³/mol. The van der Waals surface area contributed by atoms with Gasteiger partial charge in [0.2, 0.25) is 0 Å². The van der Waals surface area contributed by atoms with Gasteiger partial charge in [0.05, 0.1) is 4.90 Å². The Labute approximate surface area is 124 Å². The molecule has 0 aromatic heterocycles. The van der Waals surface area contributed by atoms with Crippen LogP contribution in [-0.4, -0.2) is 26.5 Å². The summed E-state index contributed by atoms with van der Waals surface area (Å²) in [4.78, 5) is 15.5. The third-order valence-corrected chi connectivity index (χ3v) is 4.21. The van der Waals surface area contributed by atoms with Crippen molar-refractivity contribution in [2.45, 2.75) is 24.7 Å². The minimum absolute atomic E-state index is 0.0784. The summed E-state index contributed by atoms with van der Waals surface area (Å²) in [5.41, 5.74) is 11.7. The van der Waals surface area contributed by atoms with Crippen LogP contribution in [0.1, 0.15) is 34.3 Å². The van der Waals surface area contributed by atoms with Crippen LogP contribution in [0.5, 0.6) is 0 Å². The summed E-state index contributed by atoms with van der Waals surface area (Å²) in [5, 5.41) is 0. The van der Waals surface area contributed by atoms with Crippen LogP contribution in [-0.2, 0) is 9.84 Å². The number of allylic oxidation sites excluding steroid dienone is 1. The normalized spacial score (nSPS) is 12.5. The molecule has 1 amide bonds. The SMILES string of the molecule is C=CC(C)c1cc(C)c(C(=O)N=C(N)N)cc1S(C)(=O)=O. The van der Waals surface area contributed by atoms with E-state index >= 15 is 0 Å². The Morgan fingerprint density at radius 2 is 1.95 bits per heavy atom. The van der Waals surface area contributed by atoms with Gasteiger partial charge >= 0.3 is 0 Å². The lowest BCUT2D eigenvalue weighted by Crippen LogP contribution is -2.24. The first kappa shape index (κ1) is 16.9. The highest BCUT2D eigenvalue weighted by Gasteiger charge is 2.21. The molecule has 0 saturated heterocycles. The maximum absolute atomic E-state index is 12.0. The molecule has 0 heterocycles. The van der Waals surface area contributed by atoms with Crippen LogP contribution < -0.4 is 11.5 Å². The lowest BCUT2D eigenvalue weighted by molar-refractivity contribution is 0.100. The monoisotopic (exact) mass is 309 g/mol. The van der Waals surface area contributed by atoms with Crippen molar-refractivity contribution in [2.24, 2.45) is 16.5 Å². The standard InChI is InChI=1S/C14H19N3O3S/c1-5-8(2)10-6-9(3)11(13(18)17-14(15)16)7-12(10)21(4,19)20/h5-8H,1H2,2-4H3,(H4,15,16,17,18). The molecule has 0 radical (unpaired) electrons. The molecule has 0 saturated carbocycles. The highest BCUT2D eigenvalue weighted by atomic mass is 32.2. The topological polar surface area (TPSA) is 116 Å². The molecule has 0 spiro atoms. The van der Waals surface area contributed by atoms with Gasteiger partial charge in [-0.05, 0) is 30.0 Å². The quantitative estimate of drug-likeness (QED) is 0.491. The lowest BCUT2D eigenvalue weighted by Gasteiger charge is -2.15. The van der Waals surface area contributed by atoms with Gasteiger partial charge in [-0.3, -0.25) is 4.79 Å². The predicted octanol–water partition coefficient (Wildman–Crippen LogP) is 1.10. The lowest BCUT2D eigenvalue weighted by atomic mass is 9.96. The van der Waals surface area contributed by atoms with E-state index in [1.165, 1.54) is 6.07 Å². The maximum Gasteiger partial charge on any atom is 0.280 e. The summed E-state index contributed by atoms with van der Waals surface area (Å²) in [7, 11) is -3.50. The first-order valence-electron chi connectivity index (χ1n) is 6.19. The van der Waals surface area contributed by atoms with Gasteiger partial charge in [-0.15, -0.1) is 6.58 Å². The van der Waals surface area contributed by atoms with Crippen LogP contribution in [0.25, 0.3) is 0 Å². The Hall–Kier alpha value is -2.15. The van der Waals surface area contributed by atoms with Gasteiger partial charge in [0.1, 0.15) is 0 Å². The Kier molecular flexibility index (Phi) is 4.90. The molecule has 6 nitrogen and oxygen atoms in total. The van der Waals surface area contributed by atoms with Crippen LogP contribution in [0.3, 0.4) is 0 Å². The second-order valence-electron chi connectivity index (χ2n) is 4.84. The van der Waals surface area contributed by atoms with E-state index in [-0.39, 0.29) is 22.3 Å². The van der Waals surface area contributed by atoms with E-state index in [1.54, 1.807) is 19.1 Å². The molecule has 1 unspecified atom stereocenters. The summed E-state index contributed by atoms with van der Waals surface area (Å²) in [6, 6.07) is 2.97. The highest BCUT2D eigenvalue weighted by molar-refractivity contribution is 7.90. The van der Waals surface area contributed by atoms with Crippen molar-refractivity contribution in [1.82, 2.24) is 0 Å². The number of carbonyl (C=O) groups is 1. The number of amides is 1. The van der Waals surface area contributed by atoms with Crippen molar-refractivity contribution in [3.8, 4) is 0 Å². The molecule has 0 aliphatic rings. The molecular formula is C14H19N3O3S. The molecule has 21 heavy (non-hydrogen) atoms. The average molecular weight is 309 g/mol. The molecule has 114 valence electrons. The molecule has 0 aliphatic carbocycles. The van der Waals surface area contributed by atoms with E-state index in [0.29, 0.717) is 11.1 Å². The Morgan fingerprint density at radius 3 is 2.38 bits per heavy atom. The number of hydrogen-bond donors (Lipinski definition) is 2. The van der Waals surface area contributed by atoms with E-state index in [2.05, 4.69) is 11.6 Å². The molecular weight excluding hydrogens is 290 g/mol. The minimum atomic E-state index is -3.50. The second kappa shape index (κ2) is 6.09. The number of aryl methyl sites for hydroxylation is 1. The van der Waals surface area contributed by atoms with Gasteiger partial charge in [0, 0.05) is 11.8 Å². The summed E-state index contributed by atoms with van der Waals surface area (Å²) in [6.45, 7) is 7.19. The average Bonchev–Trinajstić information content (AvgIpc) is 2.34. The first-order chi connectivity index (χ1) is 9.57. The largest absolute Gasteiger partial charge is 0.370 e. The molecule has 7 heteroatoms. The van der Waals surface area contributed by atoms with Crippen LogP contribution in [0, 0.1) is 6.92 Å². The van der Waals surface area contributed by atoms with Gasteiger partial charge in [-0.2, -0.15) is 4.99 Å². The molecule has 1 aromatic carbocycles. The first-order valence-corrected chi connectivity index (χ1v) is 8.08. The van der Waals surface area contributed by atoms with Crippen molar-refractivity contribution < 1.29 is 13.2 Å². The van der Waals surface area contributed by atoms with Gasteiger partial charge in [-0.25, -0.2) is 8.42 Å². The van der Waals surface area contributed by atoms with Gasteiger partial charge in [0.15, 0.2) is 15.8 Å². The van der Waals surface area contributed by atoms with Crippen molar-refractivity contribution in [3.63, 3.8) is 0 Å². The van der Waals surface area contributed by atoms with Crippen molar-refractivity contribution >= 4 is 21.7 Å². The van der Waals surface area contributed by atoms with E-state index in [1.807, 2.05) is 6.92 Å². The van der Waals surface area contributed by atoms with E-state index in [9.17, 15) is 13.2 Å². The summed E-state index contributed by atoms with van der Waals surface area (Å²) in [6.07, 6.45) is 2.73. The van der Waals surface area contributed by atoms with Gasteiger partial charge < -0.3 is 11.5 Å². The maximum atomic E-state index is 12.0. The smallest absolute Gasteiger partial charge is 0.280 e. The molecule has 1 aromatic rings. The van der Waals surface area contributed by atoms with Crippen LogP contribution in [0.15, 0.2) is 34.7 Å². The summed E-state index contributed by atoms with van der Waals surface area (Å²) in [5.74, 6) is -1.21. The van der Waals surface area contributed by atoms with E-state index in [0.717, 1.165) is 6.26 Å². The third kappa shape index (κ3) is 3.91. The molecule has 1 atom stereocenters. The van der Waals surface area contributed by atoms with Crippen molar-refractivity contribution in [1.29, 1.82) is 0 Å². The molecule has 4 N–H and O–H groups in total. The highest BCUT2D eigenvalue weighted by Crippen LogP contribution is 2.28. The Balaban J connectivity index is 3.64. The summed E-state index contributed by atoms with van der Waals surface area (Å²) >= 11 is 0. The van der Waals surface area contributed by atoms with Crippen LogP contribution >= 0.6 is 0 Å². The Morgan fingerprint density at radius 1 is 1.38 bits per heavy atom. The minimum Gasteiger partial charge on any atom is -0.370 e. The number of aliphatic imine (C=N–C) groups is 1. The number of benzene rings is 1. The fraction of sp³-hybridized carbons (Fsp3) is 0.286. The van der Waals surface area contributed by atoms with Crippen molar-refractivity contribution in [2.75, 3.05) is 6.26 Å². The number of nitrogens with two attached hydrogens (primary N) is 2. The zero-order valence-corrected chi connectivity index (χ0v) is 13.1. The zero-order chi connectivity index (χ0) is 16.4. The van der Waals surface area contributed by atoms with Crippen molar-refractivity contribution in [3.05, 3.63) is 41.5 Å². The fourth-order valence-corrected chi connectivity index (χ4v) is 2.93. The number of carbonyl (C=O) groups excluding carboxylic acids is 1. The number of guanidine groups is 1. The number of rotatable bonds is 4. The number of sulfone groups is 1. The molecule has 0 aliphatic heterocycles. The Bertz CT molecular complexity index is 717. The van der Waals surface area contributed by atoms with Crippen LogP contribution in [0.2, 0.25) is 0 Å². The second-order valence-corrected chi connectivity index (χ2v) is 6.83. The molecule has 0 bridgehead atoms. The van der Waals surface area contributed by atoms with E-state index < -0.39 is 15.7 Å². The van der Waals surface area contributed by atoms with Gasteiger partial charge in [0.25, 0.3) is 5.91 Å². The summed E-state index contributed by atoms with van der Waals surface area (Å²) < 4.78 is 23.9. The fourth-order valence-electron chi connectivity index (χ4n) is 1.92. The van der Waals surface area contributed by atoms with E-state index in [4.69, 9.17) is 11.5 Å². The number of hydrogen-bond acceptors (Lipinski definition) is 3. The van der Waals surface area contributed by atoms with Crippen LogP contribution in [0.4, 0.5) is 0 Å².